The minimum atomic E-state index is -0.509. The molecule has 2 rings (SSSR count). The van der Waals surface area contributed by atoms with E-state index in [-0.39, 0.29) is 0 Å². The third kappa shape index (κ3) is 2.74. The van der Waals surface area contributed by atoms with Crippen LogP contribution in [-0.4, -0.2) is 24.7 Å². The van der Waals surface area contributed by atoms with Crippen molar-refractivity contribution in [2.75, 3.05) is 0 Å². The average Bonchev–Trinajstić information content (AvgIpc) is 2.96. The average molecular weight is 234 g/mol. The number of nitrogens with zero attached hydrogens (tertiary/aromatic N) is 4. The molecule has 0 spiro atoms. The molecule has 2 aromatic rings. The molecule has 0 saturated heterocycles. The Morgan fingerprint density at radius 2 is 1.76 bits per heavy atom. The summed E-state index contributed by atoms with van der Waals surface area (Å²) in [6.45, 7) is 5.73. The van der Waals surface area contributed by atoms with Gasteiger partial charge in [0.15, 0.2) is 0 Å². The second kappa shape index (κ2) is 5.14. The number of aryl methyl sites for hydroxylation is 2. The van der Waals surface area contributed by atoms with Gasteiger partial charge in [-0.05, 0) is 19.4 Å². The van der Waals surface area contributed by atoms with Crippen molar-refractivity contribution in [2.24, 2.45) is 0 Å². The van der Waals surface area contributed by atoms with Crippen LogP contribution in [0.25, 0.3) is 0 Å². The van der Waals surface area contributed by atoms with Gasteiger partial charge in [-0.2, -0.15) is 10.2 Å². The van der Waals surface area contributed by atoms with Crippen LogP contribution in [0.2, 0.25) is 0 Å². The van der Waals surface area contributed by atoms with Gasteiger partial charge in [0.1, 0.15) is 0 Å². The van der Waals surface area contributed by atoms with Crippen LogP contribution >= 0.6 is 0 Å². The van der Waals surface area contributed by atoms with E-state index in [4.69, 9.17) is 0 Å². The molecule has 0 aromatic carbocycles. The second-order valence-electron chi connectivity index (χ2n) is 4.05. The van der Waals surface area contributed by atoms with Gasteiger partial charge in [0.25, 0.3) is 0 Å². The van der Waals surface area contributed by atoms with Crippen molar-refractivity contribution in [1.82, 2.24) is 19.6 Å². The van der Waals surface area contributed by atoms with Gasteiger partial charge >= 0.3 is 0 Å². The van der Waals surface area contributed by atoms with Crippen molar-refractivity contribution in [3.05, 3.63) is 35.9 Å². The van der Waals surface area contributed by atoms with Crippen LogP contribution in [0.3, 0.4) is 0 Å². The van der Waals surface area contributed by atoms with Crippen molar-refractivity contribution in [2.45, 2.75) is 39.5 Å². The molecule has 0 radical (unpaired) electrons. The maximum absolute atomic E-state index is 10.1. The lowest BCUT2D eigenvalue weighted by Gasteiger charge is -2.05. The summed E-state index contributed by atoms with van der Waals surface area (Å²) in [6.07, 6.45) is 7.44. The lowest BCUT2D eigenvalue weighted by atomic mass is 10.1. The fourth-order valence-electron chi connectivity index (χ4n) is 1.75. The number of aromatic nitrogens is 4. The lowest BCUT2D eigenvalue weighted by Crippen LogP contribution is -2.00. The summed E-state index contributed by atoms with van der Waals surface area (Å²) in [7, 11) is 0. The Kier molecular flexibility index (Phi) is 3.58. The highest BCUT2D eigenvalue weighted by Crippen LogP contribution is 2.17. The summed E-state index contributed by atoms with van der Waals surface area (Å²) >= 11 is 0. The smallest absolute Gasteiger partial charge is 0.0861 e. The van der Waals surface area contributed by atoms with E-state index in [1.165, 1.54) is 0 Å². The van der Waals surface area contributed by atoms with Crippen LogP contribution in [0.1, 0.15) is 31.1 Å². The van der Waals surface area contributed by atoms with E-state index in [0.29, 0.717) is 6.42 Å². The highest BCUT2D eigenvalue weighted by Gasteiger charge is 2.11. The monoisotopic (exact) mass is 234 g/mol. The molecular formula is C12H18N4O. The van der Waals surface area contributed by atoms with Gasteiger partial charge in [0.2, 0.25) is 0 Å². The first-order valence-corrected chi connectivity index (χ1v) is 5.94. The third-order valence-corrected chi connectivity index (χ3v) is 2.80. The van der Waals surface area contributed by atoms with Gasteiger partial charge in [-0.25, -0.2) is 0 Å². The molecule has 2 aromatic heterocycles. The number of aliphatic hydroxyl groups excluding tert-OH is 1. The Labute approximate surface area is 101 Å². The van der Waals surface area contributed by atoms with Crippen molar-refractivity contribution < 1.29 is 5.11 Å². The highest BCUT2D eigenvalue weighted by molar-refractivity contribution is 5.14. The van der Waals surface area contributed by atoms with E-state index in [1.807, 2.05) is 35.6 Å². The summed E-state index contributed by atoms with van der Waals surface area (Å²) in [5.74, 6) is 0. The molecule has 0 fully saturated rings. The Morgan fingerprint density at radius 1 is 1.12 bits per heavy atom. The quantitative estimate of drug-likeness (QED) is 0.850. The molecule has 5 nitrogen and oxygen atoms in total. The summed E-state index contributed by atoms with van der Waals surface area (Å²) < 4.78 is 3.67. The SMILES string of the molecule is CCn1cc(CC(O)c2cnn(CC)c2)cn1. The maximum atomic E-state index is 10.1. The van der Waals surface area contributed by atoms with Gasteiger partial charge in [-0.3, -0.25) is 9.36 Å². The fourth-order valence-corrected chi connectivity index (χ4v) is 1.75. The number of hydrogen-bond donors (Lipinski definition) is 1. The predicted molar refractivity (Wildman–Crippen MR) is 64.5 cm³/mol. The Hall–Kier alpha value is -1.62. The molecule has 1 atom stereocenters. The largest absolute Gasteiger partial charge is 0.388 e. The van der Waals surface area contributed by atoms with Crippen LogP contribution < -0.4 is 0 Å². The molecule has 0 aliphatic heterocycles. The van der Waals surface area contributed by atoms with Crippen LogP contribution in [0.15, 0.2) is 24.8 Å². The van der Waals surface area contributed by atoms with E-state index >= 15 is 0 Å². The van der Waals surface area contributed by atoms with Gasteiger partial charge in [-0.15, -0.1) is 0 Å². The molecule has 2 heterocycles. The van der Waals surface area contributed by atoms with Crippen molar-refractivity contribution in [3.63, 3.8) is 0 Å². The normalized spacial score (nSPS) is 12.9. The van der Waals surface area contributed by atoms with E-state index < -0.39 is 6.10 Å². The van der Waals surface area contributed by atoms with Gasteiger partial charge in [-0.1, -0.05) is 0 Å². The first-order chi connectivity index (χ1) is 8.22. The molecule has 17 heavy (non-hydrogen) atoms. The predicted octanol–water partition coefficient (Wildman–Crippen LogP) is 1.40. The first-order valence-electron chi connectivity index (χ1n) is 5.94. The molecule has 1 unspecified atom stereocenters. The van der Waals surface area contributed by atoms with Gasteiger partial charge in [0, 0.05) is 37.5 Å². The molecule has 5 heteroatoms. The van der Waals surface area contributed by atoms with Crippen molar-refractivity contribution in [3.8, 4) is 0 Å². The van der Waals surface area contributed by atoms with E-state index in [2.05, 4.69) is 10.2 Å². The number of hydrogen-bond acceptors (Lipinski definition) is 3. The van der Waals surface area contributed by atoms with Gasteiger partial charge < -0.3 is 5.11 Å². The topological polar surface area (TPSA) is 55.9 Å². The van der Waals surface area contributed by atoms with E-state index in [1.54, 1.807) is 12.4 Å². The van der Waals surface area contributed by atoms with E-state index in [0.717, 1.165) is 24.2 Å². The van der Waals surface area contributed by atoms with Crippen LogP contribution in [0, 0.1) is 0 Å². The minimum Gasteiger partial charge on any atom is -0.388 e. The molecule has 0 aliphatic rings. The number of rotatable bonds is 5. The molecule has 0 saturated carbocycles. The maximum Gasteiger partial charge on any atom is 0.0861 e. The fraction of sp³-hybridized carbons (Fsp3) is 0.500. The van der Waals surface area contributed by atoms with Crippen LogP contribution in [-0.2, 0) is 19.5 Å². The molecule has 0 aliphatic carbocycles. The second-order valence-corrected chi connectivity index (χ2v) is 4.05. The molecule has 0 amide bonds. The Bertz CT molecular complexity index is 474. The molecule has 92 valence electrons. The highest BCUT2D eigenvalue weighted by atomic mass is 16.3. The lowest BCUT2D eigenvalue weighted by molar-refractivity contribution is 0.178. The standard InChI is InChI=1S/C12H18N4O/c1-3-15-8-10(6-13-15)5-12(17)11-7-14-16(4-2)9-11/h6-9,12,17H,3-5H2,1-2H3. The summed E-state index contributed by atoms with van der Waals surface area (Å²) in [5, 5.41) is 18.4. The number of aliphatic hydroxyl groups is 1. The molecule has 1 N–H and O–H groups in total. The van der Waals surface area contributed by atoms with Crippen molar-refractivity contribution in [1.29, 1.82) is 0 Å². The van der Waals surface area contributed by atoms with Gasteiger partial charge in [0.05, 0.1) is 18.5 Å². The summed E-state index contributed by atoms with van der Waals surface area (Å²) in [4.78, 5) is 0. The first kappa shape index (κ1) is 11.9. The zero-order valence-electron chi connectivity index (χ0n) is 10.2. The zero-order chi connectivity index (χ0) is 12.3. The third-order valence-electron chi connectivity index (χ3n) is 2.80. The minimum absolute atomic E-state index is 0.509. The van der Waals surface area contributed by atoms with E-state index in [9.17, 15) is 5.11 Å². The van der Waals surface area contributed by atoms with Crippen LogP contribution in [0.5, 0.6) is 0 Å². The zero-order valence-corrected chi connectivity index (χ0v) is 10.2. The van der Waals surface area contributed by atoms with Crippen LogP contribution in [0.4, 0.5) is 0 Å². The Morgan fingerprint density at radius 3 is 2.35 bits per heavy atom. The summed E-state index contributed by atoms with van der Waals surface area (Å²) in [5.41, 5.74) is 1.90. The molecule has 0 bridgehead atoms. The summed E-state index contributed by atoms with van der Waals surface area (Å²) in [6, 6.07) is 0. The van der Waals surface area contributed by atoms with Crippen molar-refractivity contribution >= 4 is 0 Å². The molecular weight excluding hydrogens is 216 g/mol. The Balaban J connectivity index is 2.02.